The molecule has 0 amide bonds. The summed E-state index contributed by atoms with van der Waals surface area (Å²) in [5, 5.41) is 0. The Balaban J connectivity index is 1.47. The van der Waals surface area contributed by atoms with Crippen molar-refractivity contribution in [3.63, 3.8) is 0 Å². The Morgan fingerprint density at radius 2 is 1.73 bits per heavy atom. The molecule has 2 unspecified atom stereocenters. The fraction of sp³-hybridized carbons (Fsp3) is 0.409. The zero-order valence-electron chi connectivity index (χ0n) is 16.1. The molecular weight excluding hydrogens is 402 g/mol. The van der Waals surface area contributed by atoms with Gasteiger partial charge in [0.1, 0.15) is 11.6 Å². The van der Waals surface area contributed by atoms with Crippen LogP contribution in [0.4, 0.5) is 17.6 Å². The number of carbonyl (C=O) groups is 1. The molecule has 0 radical (unpaired) electrons. The van der Waals surface area contributed by atoms with Crippen molar-refractivity contribution in [2.75, 3.05) is 13.2 Å². The molecule has 2 aromatic rings. The van der Waals surface area contributed by atoms with Gasteiger partial charge in [-0.3, -0.25) is 9.69 Å². The van der Waals surface area contributed by atoms with E-state index in [0.29, 0.717) is 32.1 Å². The van der Waals surface area contributed by atoms with Gasteiger partial charge in [-0.1, -0.05) is 30.3 Å². The number of rotatable bonds is 5. The van der Waals surface area contributed by atoms with Crippen molar-refractivity contribution >= 4 is 5.78 Å². The summed E-state index contributed by atoms with van der Waals surface area (Å²) < 4.78 is 60.7. The number of fused-ring (bicyclic) bond motifs is 2. The van der Waals surface area contributed by atoms with Crippen molar-refractivity contribution in [2.24, 2.45) is 5.92 Å². The first kappa shape index (κ1) is 20.8. The normalized spacial score (nSPS) is 24.5. The lowest BCUT2D eigenvalue weighted by atomic mass is 9.80. The van der Waals surface area contributed by atoms with Gasteiger partial charge in [0.25, 0.3) is 0 Å². The number of benzene rings is 2. The van der Waals surface area contributed by atoms with Gasteiger partial charge in [-0.05, 0) is 30.5 Å². The maximum atomic E-state index is 14.4. The SMILES string of the molecule is O=C(c1ccc(OC(F)(F)F)cc1F)C1CC2COCC(C1)N2Cc1ccccc1. The molecule has 4 rings (SSSR count). The fourth-order valence-corrected chi connectivity index (χ4v) is 4.37. The van der Waals surface area contributed by atoms with Crippen LogP contribution >= 0.6 is 0 Å². The first-order chi connectivity index (χ1) is 14.3. The van der Waals surface area contributed by atoms with Crippen LogP contribution in [-0.2, 0) is 11.3 Å². The molecule has 30 heavy (non-hydrogen) atoms. The average Bonchev–Trinajstić information content (AvgIpc) is 2.67. The van der Waals surface area contributed by atoms with Crippen LogP contribution in [0.5, 0.6) is 5.75 Å². The lowest BCUT2D eigenvalue weighted by Crippen LogP contribution is -2.57. The lowest BCUT2D eigenvalue weighted by molar-refractivity contribution is -0.274. The fourth-order valence-electron chi connectivity index (χ4n) is 4.37. The number of morpholine rings is 1. The van der Waals surface area contributed by atoms with Crippen molar-refractivity contribution in [1.29, 1.82) is 0 Å². The zero-order valence-corrected chi connectivity index (χ0v) is 16.1. The third-order valence-electron chi connectivity index (χ3n) is 5.69. The average molecular weight is 423 g/mol. The van der Waals surface area contributed by atoms with Crippen LogP contribution in [0.1, 0.15) is 28.8 Å². The van der Waals surface area contributed by atoms with Crippen LogP contribution in [0.15, 0.2) is 48.5 Å². The molecule has 2 saturated heterocycles. The van der Waals surface area contributed by atoms with Crippen LogP contribution in [0.3, 0.4) is 0 Å². The molecule has 0 spiro atoms. The molecule has 0 N–H and O–H groups in total. The van der Waals surface area contributed by atoms with E-state index in [-0.39, 0.29) is 23.4 Å². The topological polar surface area (TPSA) is 38.8 Å². The highest BCUT2D eigenvalue weighted by Gasteiger charge is 2.42. The Morgan fingerprint density at radius 1 is 1.07 bits per heavy atom. The van der Waals surface area contributed by atoms with Gasteiger partial charge in [-0.2, -0.15) is 0 Å². The van der Waals surface area contributed by atoms with E-state index >= 15 is 0 Å². The smallest absolute Gasteiger partial charge is 0.406 e. The quantitative estimate of drug-likeness (QED) is 0.521. The van der Waals surface area contributed by atoms with Gasteiger partial charge in [-0.25, -0.2) is 4.39 Å². The van der Waals surface area contributed by atoms with Crippen LogP contribution in [0.25, 0.3) is 0 Å². The van der Waals surface area contributed by atoms with Gasteiger partial charge in [0, 0.05) is 30.6 Å². The highest BCUT2D eigenvalue weighted by atomic mass is 19.4. The van der Waals surface area contributed by atoms with E-state index in [0.717, 1.165) is 18.7 Å². The second-order valence-corrected chi connectivity index (χ2v) is 7.73. The number of halogens is 4. The largest absolute Gasteiger partial charge is 0.573 e. The molecule has 0 saturated carbocycles. The van der Waals surface area contributed by atoms with E-state index in [1.165, 1.54) is 5.56 Å². The molecule has 0 aromatic heterocycles. The summed E-state index contributed by atoms with van der Waals surface area (Å²) in [6.07, 6.45) is -3.88. The predicted molar refractivity (Wildman–Crippen MR) is 101 cm³/mol. The van der Waals surface area contributed by atoms with Gasteiger partial charge in [0.2, 0.25) is 0 Å². The molecule has 2 fully saturated rings. The summed E-state index contributed by atoms with van der Waals surface area (Å²) >= 11 is 0. The number of hydrogen-bond acceptors (Lipinski definition) is 4. The van der Waals surface area contributed by atoms with Gasteiger partial charge in [0.15, 0.2) is 5.78 Å². The highest BCUT2D eigenvalue weighted by Crippen LogP contribution is 2.35. The Morgan fingerprint density at radius 3 is 2.33 bits per heavy atom. The number of carbonyl (C=O) groups excluding carboxylic acids is 1. The Bertz CT molecular complexity index is 889. The number of ketones is 1. The summed E-state index contributed by atoms with van der Waals surface area (Å²) in [4.78, 5) is 15.3. The summed E-state index contributed by atoms with van der Waals surface area (Å²) in [7, 11) is 0. The molecule has 2 heterocycles. The van der Waals surface area contributed by atoms with Crippen LogP contribution < -0.4 is 4.74 Å². The summed E-state index contributed by atoms with van der Waals surface area (Å²) in [6.45, 7) is 1.74. The maximum absolute atomic E-state index is 14.4. The molecule has 160 valence electrons. The Labute approximate surface area is 171 Å². The number of hydrogen-bond donors (Lipinski definition) is 0. The molecule has 2 aliphatic rings. The minimum absolute atomic E-state index is 0.0301. The monoisotopic (exact) mass is 423 g/mol. The zero-order chi connectivity index (χ0) is 21.3. The van der Waals surface area contributed by atoms with Gasteiger partial charge in [-0.15, -0.1) is 13.2 Å². The second kappa shape index (κ2) is 8.35. The van der Waals surface area contributed by atoms with E-state index in [2.05, 4.69) is 9.64 Å². The van der Waals surface area contributed by atoms with Gasteiger partial charge < -0.3 is 9.47 Å². The first-order valence-corrected chi connectivity index (χ1v) is 9.77. The van der Waals surface area contributed by atoms with Crippen LogP contribution in [-0.4, -0.2) is 42.3 Å². The first-order valence-electron chi connectivity index (χ1n) is 9.77. The number of Topliss-reactive ketones (excluding diaryl/α,β-unsaturated/α-hetero) is 1. The third kappa shape index (κ3) is 4.65. The van der Waals surface area contributed by atoms with E-state index in [1.54, 1.807) is 0 Å². The predicted octanol–water partition coefficient (Wildman–Crippen LogP) is 4.59. The van der Waals surface area contributed by atoms with E-state index in [1.807, 2.05) is 30.3 Å². The Hall–Kier alpha value is -2.45. The molecule has 2 bridgehead atoms. The molecule has 2 atom stereocenters. The number of ether oxygens (including phenoxy) is 2. The molecule has 2 aliphatic heterocycles. The van der Waals surface area contributed by atoms with Gasteiger partial charge >= 0.3 is 6.36 Å². The number of piperidine rings is 1. The molecule has 0 aliphatic carbocycles. The minimum atomic E-state index is -4.92. The van der Waals surface area contributed by atoms with Crippen LogP contribution in [0, 0.1) is 11.7 Å². The van der Waals surface area contributed by atoms with Crippen molar-refractivity contribution < 1.29 is 31.8 Å². The minimum Gasteiger partial charge on any atom is -0.406 e. The van der Waals surface area contributed by atoms with E-state index in [9.17, 15) is 22.4 Å². The number of alkyl halides is 3. The van der Waals surface area contributed by atoms with Crippen molar-refractivity contribution in [3.05, 3.63) is 65.5 Å². The van der Waals surface area contributed by atoms with Crippen molar-refractivity contribution in [2.45, 2.75) is 37.8 Å². The van der Waals surface area contributed by atoms with E-state index < -0.39 is 23.8 Å². The third-order valence-corrected chi connectivity index (χ3v) is 5.69. The molecule has 8 heteroatoms. The maximum Gasteiger partial charge on any atom is 0.573 e. The second-order valence-electron chi connectivity index (χ2n) is 7.73. The summed E-state index contributed by atoms with van der Waals surface area (Å²) in [5.41, 5.74) is 0.968. The molecular formula is C22H21F4NO3. The highest BCUT2D eigenvalue weighted by molar-refractivity contribution is 5.98. The lowest BCUT2D eigenvalue weighted by Gasteiger charge is -2.48. The van der Waals surface area contributed by atoms with Crippen LogP contribution in [0.2, 0.25) is 0 Å². The summed E-state index contributed by atoms with van der Waals surface area (Å²) in [5.74, 6) is -2.48. The molecule has 2 aromatic carbocycles. The van der Waals surface area contributed by atoms with Gasteiger partial charge in [0.05, 0.1) is 18.8 Å². The van der Waals surface area contributed by atoms with E-state index in [4.69, 9.17) is 4.74 Å². The van der Waals surface area contributed by atoms with Crippen molar-refractivity contribution in [1.82, 2.24) is 4.90 Å². The number of nitrogens with zero attached hydrogens (tertiary/aromatic N) is 1. The van der Waals surface area contributed by atoms with Crippen molar-refractivity contribution in [3.8, 4) is 5.75 Å². The molecule has 4 nitrogen and oxygen atoms in total. The Kier molecular flexibility index (Phi) is 5.79. The standard InChI is InChI=1S/C22H21F4NO3/c23-20-10-18(30-22(24,25)26)6-7-19(20)21(28)15-8-16-12-29-13-17(9-15)27(16)11-14-4-2-1-3-5-14/h1-7,10,15-17H,8-9,11-13H2. The summed E-state index contributed by atoms with van der Waals surface area (Å²) in [6, 6.07) is 12.7.